The molecule has 0 fully saturated rings. The van der Waals surface area contributed by atoms with Crippen LogP contribution in [0.1, 0.15) is 27.0 Å². The van der Waals surface area contributed by atoms with Crippen LogP contribution in [-0.4, -0.2) is 23.9 Å². The van der Waals surface area contributed by atoms with Gasteiger partial charge in [-0.15, -0.1) is 0 Å². The van der Waals surface area contributed by atoms with Gasteiger partial charge >= 0.3 is 0 Å². The third-order valence-corrected chi connectivity index (χ3v) is 3.66. The van der Waals surface area contributed by atoms with E-state index in [0.717, 1.165) is 16.7 Å². The van der Waals surface area contributed by atoms with E-state index in [1.165, 1.54) is 5.56 Å². The molecule has 0 saturated heterocycles. The van der Waals surface area contributed by atoms with Gasteiger partial charge in [0.15, 0.2) is 0 Å². The molecule has 2 aromatic carbocycles. The third-order valence-electron chi connectivity index (χ3n) is 3.66. The van der Waals surface area contributed by atoms with E-state index in [-0.39, 0.29) is 5.91 Å². The van der Waals surface area contributed by atoms with Gasteiger partial charge in [0, 0.05) is 25.2 Å². The molecule has 2 aromatic rings. The van der Waals surface area contributed by atoms with Gasteiger partial charge in [0.1, 0.15) is 0 Å². The zero-order valence-corrected chi connectivity index (χ0v) is 12.7. The summed E-state index contributed by atoms with van der Waals surface area (Å²) in [6, 6.07) is 15.8. The Morgan fingerprint density at radius 2 is 1.76 bits per heavy atom. The lowest BCUT2D eigenvalue weighted by molar-refractivity contribution is 0.0748. The van der Waals surface area contributed by atoms with Crippen molar-refractivity contribution in [3.05, 3.63) is 70.8 Å². The molecule has 0 unspecified atom stereocenters. The number of hydrogen-bond acceptors (Lipinski definition) is 2. The predicted octanol–water partition coefficient (Wildman–Crippen LogP) is 2.90. The van der Waals surface area contributed by atoms with Crippen molar-refractivity contribution in [3.8, 4) is 0 Å². The van der Waals surface area contributed by atoms with Crippen molar-refractivity contribution >= 4 is 5.91 Å². The van der Waals surface area contributed by atoms with Crippen molar-refractivity contribution in [1.29, 1.82) is 0 Å². The highest BCUT2D eigenvalue weighted by Gasteiger charge is 2.15. The molecule has 2 rings (SSSR count). The minimum Gasteiger partial charge on any atom is -0.333 e. The number of hydrogen-bond donors (Lipinski definition) is 1. The summed E-state index contributed by atoms with van der Waals surface area (Å²) in [6.07, 6.45) is 0. The van der Waals surface area contributed by atoms with Crippen LogP contribution in [0.2, 0.25) is 0 Å². The van der Waals surface area contributed by atoms with Crippen molar-refractivity contribution in [3.63, 3.8) is 0 Å². The lowest BCUT2D eigenvalue weighted by Gasteiger charge is -2.22. The van der Waals surface area contributed by atoms with Crippen LogP contribution in [0.4, 0.5) is 0 Å². The van der Waals surface area contributed by atoms with Crippen LogP contribution in [0.5, 0.6) is 0 Å². The van der Waals surface area contributed by atoms with Crippen LogP contribution in [0.15, 0.2) is 48.5 Å². The summed E-state index contributed by atoms with van der Waals surface area (Å²) in [5.74, 6) is 0.0346. The molecule has 21 heavy (non-hydrogen) atoms. The standard InChI is InChI=1S/C18H22N2O/c1-14-8-9-17(12-15(14)2)18(21)20(11-10-19)13-16-6-4-3-5-7-16/h3-9,12H,10-11,13,19H2,1-2H3. The van der Waals surface area contributed by atoms with E-state index in [1.54, 1.807) is 4.90 Å². The number of nitrogens with zero attached hydrogens (tertiary/aromatic N) is 1. The average molecular weight is 282 g/mol. The largest absolute Gasteiger partial charge is 0.333 e. The minimum atomic E-state index is 0.0346. The number of benzene rings is 2. The summed E-state index contributed by atoms with van der Waals surface area (Å²) in [7, 11) is 0. The average Bonchev–Trinajstić information content (AvgIpc) is 2.50. The Bertz CT molecular complexity index is 608. The summed E-state index contributed by atoms with van der Waals surface area (Å²) in [4.78, 5) is 14.5. The Hall–Kier alpha value is -2.13. The summed E-state index contributed by atoms with van der Waals surface area (Å²) in [5, 5.41) is 0. The normalized spacial score (nSPS) is 10.4. The van der Waals surface area contributed by atoms with Gasteiger partial charge in [-0.2, -0.15) is 0 Å². The second-order valence-electron chi connectivity index (χ2n) is 5.30. The number of aryl methyl sites for hydroxylation is 2. The van der Waals surface area contributed by atoms with Gasteiger partial charge in [-0.05, 0) is 42.7 Å². The second-order valence-corrected chi connectivity index (χ2v) is 5.30. The Kier molecular flexibility index (Phi) is 5.12. The molecule has 110 valence electrons. The molecule has 0 heterocycles. The summed E-state index contributed by atoms with van der Waals surface area (Å²) in [5.41, 5.74) is 9.82. The fourth-order valence-corrected chi connectivity index (χ4v) is 2.27. The minimum absolute atomic E-state index is 0.0346. The predicted molar refractivity (Wildman–Crippen MR) is 86.2 cm³/mol. The molecular formula is C18H22N2O. The zero-order chi connectivity index (χ0) is 15.2. The van der Waals surface area contributed by atoms with Crippen LogP contribution in [0, 0.1) is 13.8 Å². The van der Waals surface area contributed by atoms with E-state index in [0.29, 0.717) is 19.6 Å². The maximum Gasteiger partial charge on any atom is 0.254 e. The Morgan fingerprint density at radius 3 is 2.38 bits per heavy atom. The highest BCUT2D eigenvalue weighted by Crippen LogP contribution is 2.14. The molecule has 0 aliphatic heterocycles. The summed E-state index contributed by atoms with van der Waals surface area (Å²) in [6.45, 7) is 5.68. The van der Waals surface area contributed by atoms with Gasteiger partial charge in [0.2, 0.25) is 0 Å². The van der Waals surface area contributed by atoms with E-state index < -0.39 is 0 Å². The molecule has 0 atom stereocenters. The van der Waals surface area contributed by atoms with Crippen LogP contribution < -0.4 is 5.73 Å². The third kappa shape index (κ3) is 3.92. The van der Waals surface area contributed by atoms with Crippen molar-refractivity contribution in [2.45, 2.75) is 20.4 Å². The monoisotopic (exact) mass is 282 g/mol. The first-order chi connectivity index (χ1) is 10.1. The summed E-state index contributed by atoms with van der Waals surface area (Å²) < 4.78 is 0. The van der Waals surface area contributed by atoms with E-state index in [9.17, 15) is 4.79 Å². The summed E-state index contributed by atoms with van der Waals surface area (Å²) >= 11 is 0. The Labute approximate surface area is 126 Å². The van der Waals surface area contributed by atoms with Gasteiger partial charge in [-0.3, -0.25) is 4.79 Å². The maximum absolute atomic E-state index is 12.7. The molecule has 0 saturated carbocycles. The molecule has 0 bridgehead atoms. The molecule has 3 heteroatoms. The maximum atomic E-state index is 12.7. The molecule has 0 aromatic heterocycles. The smallest absolute Gasteiger partial charge is 0.254 e. The quantitative estimate of drug-likeness (QED) is 0.916. The molecular weight excluding hydrogens is 260 g/mol. The number of rotatable bonds is 5. The first-order valence-electron chi connectivity index (χ1n) is 7.22. The van der Waals surface area contributed by atoms with Gasteiger partial charge in [0.25, 0.3) is 5.91 Å². The van der Waals surface area contributed by atoms with E-state index in [1.807, 2.05) is 62.4 Å². The molecule has 0 spiro atoms. The molecule has 1 amide bonds. The molecule has 0 aliphatic rings. The highest BCUT2D eigenvalue weighted by molar-refractivity contribution is 5.94. The number of nitrogens with two attached hydrogens (primary N) is 1. The Balaban J connectivity index is 2.20. The van der Waals surface area contributed by atoms with Crippen LogP contribution in [-0.2, 0) is 6.54 Å². The highest BCUT2D eigenvalue weighted by atomic mass is 16.2. The molecule has 2 N–H and O–H groups in total. The van der Waals surface area contributed by atoms with Crippen molar-refractivity contribution in [1.82, 2.24) is 4.90 Å². The van der Waals surface area contributed by atoms with E-state index in [4.69, 9.17) is 5.73 Å². The van der Waals surface area contributed by atoms with Gasteiger partial charge in [-0.1, -0.05) is 36.4 Å². The van der Waals surface area contributed by atoms with Gasteiger partial charge in [0.05, 0.1) is 0 Å². The lowest BCUT2D eigenvalue weighted by Crippen LogP contribution is -2.34. The van der Waals surface area contributed by atoms with Crippen molar-refractivity contribution in [2.24, 2.45) is 5.73 Å². The van der Waals surface area contributed by atoms with Gasteiger partial charge in [-0.25, -0.2) is 0 Å². The molecule has 0 aliphatic carbocycles. The molecule has 3 nitrogen and oxygen atoms in total. The van der Waals surface area contributed by atoms with Crippen molar-refractivity contribution < 1.29 is 4.79 Å². The second kappa shape index (κ2) is 7.04. The van der Waals surface area contributed by atoms with Crippen LogP contribution >= 0.6 is 0 Å². The van der Waals surface area contributed by atoms with E-state index in [2.05, 4.69) is 0 Å². The number of carbonyl (C=O) groups is 1. The number of amides is 1. The number of carbonyl (C=O) groups excluding carboxylic acids is 1. The van der Waals surface area contributed by atoms with Gasteiger partial charge < -0.3 is 10.6 Å². The SMILES string of the molecule is Cc1ccc(C(=O)N(CCN)Cc2ccccc2)cc1C. The lowest BCUT2D eigenvalue weighted by atomic mass is 10.1. The molecule has 0 radical (unpaired) electrons. The van der Waals surface area contributed by atoms with Crippen molar-refractivity contribution in [2.75, 3.05) is 13.1 Å². The van der Waals surface area contributed by atoms with E-state index >= 15 is 0 Å². The zero-order valence-electron chi connectivity index (χ0n) is 12.7. The Morgan fingerprint density at radius 1 is 1.05 bits per heavy atom. The first kappa shape index (κ1) is 15.3. The fraction of sp³-hybridized carbons (Fsp3) is 0.278. The van der Waals surface area contributed by atoms with Crippen LogP contribution in [0.25, 0.3) is 0 Å². The topological polar surface area (TPSA) is 46.3 Å². The fourth-order valence-electron chi connectivity index (χ4n) is 2.27. The first-order valence-corrected chi connectivity index (χ1v) is 7.22. The van der Waals surface area contributed by atoms with Crippen LogP contribution in [0.3, 0.4) is 0 Å².